The molecule has 0 aromatic carbocycles. The van der Waals surface area contributed by atoms with Crippen LogP contribution in [0.2, 0.25) is 18.1 Å². The molecule has 0 aliphatic rings. The van der Waals surface area contributed by atoms with Crippen molar-refractivity contribution < 1.29 is 4.43 Å². The minimum atomic E-state index is -1.54. The number of allylic oxidation sites excluding steroid dienone is 1. The molecule has 1 nitrogen and oxygen atoms in total. The van der Waals surface area contributed by atoms with Gasteiger partial charge >= 0.3 is 0 Å². The van der Waals surface area contributed by atoms with E-state index in [-0.39, 0.29) is 0 Å². The molecule has 2 heteroatoms. The second kappa shape index (κ2) is 6.60. The van der Waals surface area contributed by atoms with E-state index in [9.17, 15) is 0 Å². The molecule has 0 rings (SSSR count). The lowest BCUT2D eigenvalue weighted by Crippen LogP contribution is -2.41. The summed E-state index contributed by atoms with van der Waals surface area (Å²) in [5.74, 6) is 0.634. The van der Waals surface area contributed by atoms with Gasteiger partial charge in [0.1, 0.15) is 0 Å². The monoisotopic (exact) mass is 242 g/mol. The first-order valence-corrected chi connectivity index (χ1v) is 9.42. The molecule has 0 radical (unpaired) electrons. The molecular formula is C14H30OSi. The molecule has 16 heavy (non-hydrogen) atoms. The zero-order valence-corrected chi connectivity index (χ0v) is 13.1. The van der Waals surface area contributed by atoms with Crippen LogP contribution in [0.3, 0.4) is 0 Å². The van der Waals surface area contributed by atoms with Crippen LogP contribution >= 0.6 is 0 Å². The van der Waals surface area contributed by atoms with Crippen LogP contribution in [0.1, 0.15) is 47.0 Å². The highest BCUT2D eigenvalue weighted by Crippen LogP contribution is 2.36. The molecule has 0 spiro atoms. The van der Waals surface area contributed by atoms with Crippen LogP contribution in [0, 0.1) is 5.92 Å². The van der Waals surface area contributed by atoms with Crippen molar-refractivity contribution in [2.45, 2.75) is 65.1 Å². The standard InChI is InChI=1S/C14H30OSi/c1-8-10-13(9-2)11-12-15-16(6,7)14(3,4)5/h9,13H,2,8,10-12H2,1,3-7H3/t13-/m1/s1. The third kappa shape index (κ3) is 5.31. The Kier molecular flexibility index (Phi) is 6.57. The first kappa shape index (κ1) is 15.9. The van der Waals surface area contributed by atoms with Gasteiger partial charge < -0.3 is 4.43 Å². The maximum Gasteiger partial charge on any atom is 0.191 e. The van der Waals surface area contributed by atoms with E-state index in [0.717, 1.165) is 13.0 Å². The smallest absolute Gasteiger partial charge is 0.191 e. The molecule has 0 aromatic heterocycles. The quantitative estimate of drug-likeness (QED) is 0.451. The van der Waals surface area contributed by atoms with Gasteiger partial charge in [-0.2, -0.15) is 0 Å². The highest BCUT2D eigenvalue weighted by molar-refractivity contribution is 6.74. The fraction of sp³-hybridized carbons (Fsp3) is 0.857. The Morgan fingerprint density at radius 2 is 1.81 bits per heavy atom. The third-order valence-electron chi connectivity index (χ3n) is 3.75. The maximum atomic E-state index is 6.16. The predicted octanol–water partition coefficient (Wildman–Crippen LogP) is 5.00. The van der Waals surface area contributed by atoms with Crippen molar-refractivity contribution in [3.05, 3.63) is 12.7 Å². The lowest BCUT2D eigenvalue weighted by atomic mass is 10.0. The second-order valence-corrected chi connectivity index (χ2v) is 11.0. The van der Waals surface area contributed by atoms with Crippen LogP contribution in [0.15, 0.2) is 12.7 Å². The van der Waals surface area contributed by atoms with Gasteiger partial charge in [-0.05, 0) is 36.9 Å². The Morgan fingerprint density at radius 3 is 2.19 bits per heavy atom. The Morgan fingerprint density at radius 1 is 1.25 bits per heavy atom. The Bertz CT molecular complexity index is 203. The Labute approximate surface area is 103 Å². The van der Waals surface area contributed by atoms with Crippen LogP contribution in [0.25, 0.3) is 0 Å². The van der Waals surface area contributed by atoms with Gasteiger partial charge in [0.2, 0.25) is 0 Å². The summed E-state index contributed by atoms with van der Waals surface area (Å²) in [6.07, 6.45) is 5.68. The van der Waals surface area contributed by atoms with Gasteiger partial charge in [-0.25, -0.2) is 0 Å². The van der Waals surface area contributed by atoms with Gasteiger partial charge in [0.15, 0.2) is 8.32 Å². The molecule has 0 saturated carbocycles. The molecular weight excluding hydrogens is 212 g/mol. The fourth-order valence-electron chi connectivity index (χ4n) is 1.43. The number of hydrogen-bond donors (Lipinski definition) is 0. The van der Waals surface area contributed by atoms with Crippen molar-refractivity contribution in [3.63, 3.8) is 0 Å². The van der Waals surface area contributed by atoms with Gasteiger partial charge in [0, 0.05) is 6.61 Å². The molecule has 0 amide bonds. The normalized spacial score (nSPS) is 14.9. The van der Waals surface area contributed by atoms with Gasteiger partial charge in [-0.3, -0.25) is 0 Å². The van der Waals surface area contributed by atoms with E-state index in [1.165, 1.54) is 12.8 Å². The zero-order valence-electron chi connectivity index (χ0n) is 12.1. The summed E-state index contributed by atoms with van der Waals surface area (Å²) in [4.78, 5) is 0. The largest absolute Gasteiger partial charge is 0.417 e. The van der Waals surface area contributed by atoms with E-state index in [2.05, 4.69) is 53.4 Å². The average Bonchev–Trinajstić information content (AvgIpc) is 2.14. The third-order valence-corrected chi connectivity index (χ3v) is 8.29. The molecule has 0 aliphatic carbocycles. The molecule has 0 aromatic rings. The summed E-state index contributed by atoms with van der Waals surface area (Å²) in [5.41, 5.74) is 0. The van der Waals surface area contributed by atoms with Gasteiger partial charge in [-0.1, -0.05) is 40.2 Å². The summed E-state index contributed by atoms with van der Waals surface area (Å²) < 4.78 is 6.16. The van der Waals surface area contributed by atoms with Crippen molar-refractivity contribution in [3.8, 4) is 0 Å². The molecule has 0 aliphatic heterocycles. The predicted molar refractivity (Wildman–Crippen MR) is 76.4 cm³/mol. The molecule has 0 N–H and O–H groups in total. The lowest BCUT2D eigenvalue weighted by molar-refractivity contribution is 0.263. The van der Waals surface area contributed by atoms with Crippen molar-refractivity contribution in [1.29, 1.82) is 0 Å². The van der Waals surface area contributed by atoms with Crippen molar-refractivity contribution in [1.82, 2.24) is 0 Å². The summed E-state index contributed by atoms with van der Waals surface area (Å²) in [6, 6.07) is 0. The molecule has 0 fully saturated rings. The van der Waals surface area contributed by atoms with E-state index >= 15 is 0 Å². The first-order valence-electron chi connectivity index (χ1n) is 6.51. The van der Waals surface area contributed by atoms with Crippen molar-refractivity contribution in [2.24, 2.45) is 5.92 Å². The average molecular weight is 242 g/mol. The van der Waals surface area contributed by atoms with Crippen LogP contribution < -0.4 is 0 Å². The highest BCUT2D eigenvalue weighted by Gasteiger charge is 2.36. The van der Waals surface area contributed by atoms with E-state index in [0.29, 0.717) is 11.0 Å². The second-order valence-electron chi connectivity index (χ2n) is 6.18. The Hall–Kier alpha value is -0.0831. The summed E-state index contributed by atoms with van der Waals surface area (Å²) >= 11 is 0. The summed E-state index contributed by atoms with van der Waals surface area (Å²) in [5, 5.41) is 0.321. The number of hydrogen-bond acceptors (Lipinski definition) is 1. The topological polar surface area (TPSA) is 9.23 Å². The molecule has 1 atom stereocenters. The Balaban J connectivity index is 4.01. The highest BCUT2D eigenvalue weighted by atomic mass is 28.4. The molecule has 0 heterocycles. The van der Waals surface area contributed by atoms with Crippen LogP contribution in [0.5, 0.6) is 0 Å². The summed E-state index contributed by atoms with van der Waals surface area (Å²) in [7, 11) is -1.54. The van der Waals surface area contributed by atoms with Crippen LogP contribution in [-0.2, 0) is 4.43 Å². The zero-order chi connectivity index (χ0) is 12.8. The SMILES string of the molecule is C=C[C@H](CCC)CCO[Si](C)(C)C(C)(C)C. The minimum Gasteiger partial charge on any atom is -0.417 e. The van der Waals surface area contributed by atoms with Gasteiger partial charge in [0.05, 0.1) is 0 Å². The van der Waals surface area contributed by atoms with E-state index in [4.69, 9.17) is 4.43 Å². The first-order chi connectivity index (χ1) is 7.24. The van der Waals surface area contributed by atoms with Crippen LogP contribution in [-0.4, -0.2) is 14.9 Å². The molecule has 0 bridgehead atoms. The van der Waals surface area contributed by atoms with Gasteiger partial charge in [0.25, 0.3) is 0 Å². The van der Waals surface area contributed by atoms with E-state index in [1.807, 2.05) is 0 Å². The molecule has 96 valence electrons. The van der Waals surface area contributed by atoms with Crippen molar-refractivity contribution in [2.75, 3.05) is 6.61 Å². The maximum absolute atomic E-state index is 6.16. The fourth-order valence-corrected chi connectivity index (χ4v) is 2.49. The summed E-state index contributed by atoms with van der Waals surface area (Å²) in [6.45, 7) is 18.5. The van der Waals surface area contributed by atoms with Crippen molar-refractivity contribution >= 4 is 8.32 Å². The molecule has 0 unspecified atom stereocenters. The number of rotatable bonds is 7. The molecule has 0 saturated heterocycles. The van der Waals surface area contributed by atoms with Crippen LogP contribution in [0.4, 0.5) is 0 Å². The lowest BCUT2D eigenvalue weighted by Gasteiger charge is -2.36. The van der Waals surface area contributed by atoms with Gasteiger partial charge in [-0.15, -0.1) is 6.58 Å². The van der Waals surface area contributed by atoms with E-state index < -0.39 is 8.32 Å². The van der Waals surface area contributed by atoms with E-state index in [1.54, 1.807) is 0 Å². The minimum absolute atomic E-state index is 0.321.